The number of carboxylic acid groups (broad SMARTS) is 1. The second-order valence-electron chi connectivity index (χ2n) is 6.28. The zero-order valence-corrected chi connectivity index (χ0v) is 12.8. The third-order valence-electron chi connectivity index (χ3n) is 3.32. The Hall–Kier alpha value is -1.88. The largest absolute Gasteiger partial charge is 0.480 e. The number of nitrogens with two attached hydrogens (primary N) is 1. The van der Waals surface area contributed by atoms with Crippen molar-refractivity contribution in [2.75, 3.05) is 0 Å². The van der Waals surface area contributed by atoms with Crippen molar-refractivity contribution < 1.29 is 14.7 Å². The van der Waals surface area contributed by atoms with E-state index in [0.717, 1.165) is 5.56 Å². The second-order valence-corrected chi connectivity index (χ2v) is 6.28. The highest BCUT2D eigenvalue weighted by Crippen LogP contribution is 2.19. The molecule has 0 aliphatic heterocycles. The van der Waals surface area contributed by atoms with E-state index in [1.54, 1.807) is 20.8 Å². The summed E-state index contributed by atoms with van der Waals surface area (Å²) >= 11 is 0. The minimum Gasteiger partial charge on any atom is -0.480 e. The van der Waals surface area contributed by atoms with Gasteiger partial charge in [-0.05, 0) is 23.8 Å². The summed E-state index contributed by atoms with van der Waals surface area (Å²) < 4.78 is 0. The third kappa shape index (κ3) is 5.55. The summed E-state index contributed by atoms with van der Waals surface area (Å²) in [7, 11) is 0. The molecule has 0 fully saturated rings. The number of amides is 1. The molecule has 2 unspecified atom stereocenters. The first-order valence-corrected chi connectivity index (χ1v) is 7.04. The van der Waals surface area contributed by atoms with Gasteiger partial charge in [0.25, 0.3) is 0 Å². The Balaban J connectivity index is 2.56. The fourth-order valence-electron chi connectivity index (χ4n) is 2.00. The van der Waals surface area contributed by atoms with E-state index in [9.17, 15) is 14.7 Å². The molecule has 0 bridgehead atoms. The highest BCUT2D eigenvalue weighted by atomic mass is 16.4. The van der Waals surface area contributed by atoms with Crippen molar-refractivity contribution in [3.8, 4) is 0 Å². The van der Waals surface area contributed by atoms with Gasteiger partial charge in [-0.15, -0.1) is 0 Å². The summed E-state index contributed by atoms with van der Waals surface area (Å²) in [5, 5.41) is 11.7. The minimum absolute atomic E-state index is 0.423. The summed E-state index contributed by atoms with van der Waals surface area (Å²) in [4.78, 5) is 23.3. The van der Waals surface area contributed by atoms with E-state index < -0.39 is 29.4 Å². The number of carbonyl (C=O) groups is 2. The second kappa shape index (κ2) is 7.22. The van der Waals surface area contributed by atoms with Crippen LogP contribution in [0.25, 0.3) is 0 Å². The van der Waals surface area contributed by atoms with Crippen LogP contribution in [-0.4, -0.2) is 29.1 Å². The first kappa shape index (κ1) is 17.2. The number of rotatable bonds is 6. The molecule has 0 saturated heterocycles. The standard InChI is InChI=1S/C16H24N2O3/c1-16(2,3)13(15(20)21)18-14(19)12(17)10-9-11-7-5-4-6-8-11/h4-8,12-13H,9-10,17H2,1-3H3,(H,18,19)(H,20,21). The molecule has 2 atom stereocenters. The van der Waals surface area contributed by atoms with E-state index in [0.29, 0.717) is 12.8 Å². The number of carbonyl (C=O) groups excluding carboxylic acids is 1. The number of aryl methyl sites for hydroxylation is 1. The van der Waals surface area contributed by atoms with Gasteiger partial charge in [0.1, 0.15) is 6.04 Å². The summed E-state index contributed by atoms with van der Waals surface area (Å²) in [6.45, 7) is 5.30. The van der Waals surface area contributed by atoms with Gasteiger partial charge in [-0.3, -0.25) is 4.79 Å². The molecule has 5 heteroatoms. The van der Waals surface area contributed by atoms with Crippen molar-refractivity contribution in [1.29, 1.82) is 0 Å². The van der Waals surface area contributed by atoms with Gasteiger partial charge in [-0.25, -0.2) is 4.79 Å². The molecule has 4 N–H and O–H groups in total. The average molecular weight is 292 g/mol. The van der Waals surface area contributed by atoms with Gasteiger partial charge in [0, 0.05) is 0 Å². The fraction of sp³-hybridized carbons (Fsp3) is 0.500. The van der Waals surface area contributed by atoms with Crippen LogP contribution < -0.4 is 11.1 Å². The predicted octanol–water partition coefficient (Wildman–Crippen LogP) is 1.56. The summed E-state index contributed by atoms with van der Waals surface area (Å²) in [5.74, 6) is -1.47. The lowest BCUT2D eigenvalue weighted by molar-refractivity contribution is -0.145. The molecule has 1 amide bonds. The Morgan fingerprint density at radius 2 is 1.81 bits per heavy atom. The highest BCUT2D eigenvalue weighted by molar-refractivity contribution is 5.87. The summed E-state index contributed by atoms with van der Waals surface area (Å²) in [6.07, 6.45) is 1.16. The number of nitrogens with one attached hydrogen (secondary N) is 1. The van der Waals surface area contributed by atoms with Gasteiger partial charge < -0.3 is 16.2 Å². The van der Waals surface area contributed by atoms with Crippen LogP contribution in [0, 0.1) is 5.41 Å². The fourth-order valence-corrected chi connectivity index (χ4v) is 2.00. The van der Waals surface area contributed by atoms with Gasteiger partial charge in [-0.1, -0.05) is 51.1 Å². The maximum Gasteiger partial charge on any atom is 0.326 e. The number of benzene rings is 1. The molecule has 0 aliphatic carbocycles. The predicted molar refractivity (Wildman–Crippen MR) is 81.8 cm³/mol. The normalized spacial score (nSPS) is 14.3. The lowest BCUT2D eigenvalue weighted by Gasteiger charge is -2.28. The van der Waals surface area contributed by atoms with Crippen molar-refractivity contribution in [1.82, 2.24) is 5.32 Å². The molecule has 0 radical (unpaired) electrons. The Kier molecular flexibility index (Phi) is 5.90. The Labute approximate surface area is 125 Å². The number of carboxylic acids is 1. The molecule has 1 aromatic carbocycles. The van der Waals surface area contributed by atoms with Crippen LogP contribution in [0.15, 0.2) is 30.3 Å². The third-order valence-corrected chi connectivity index (χ3v) is 3.32. The Morgan fingerprint density at radius 1 is 1.24 bits per heavy atom. The van der Waals surface area contributed by atoms with Crippen LogP contribution in [0.2, 0.25) is 0 Å². The summed E-state index contributed by atoms with van der Waals surface area (Å²) in [5.41, 5.74) is 6.39. The van der Waals surface area contributed by atoms with Crippen LogP contribution in [-0.2, 0) is 16.0 Å². The van der Waals surface area contributed by atoms with Crippen molar-refractivity contribution in [2.24, 2.45) is 11.1 Å². The van der Waals surface area contributed by atoms with Crippen LogP contribution in [0.3, 0.4) is 0 Å². The van der Waals surface area contributed by atoms with Crippen LogP contribution in [0.4, 0.5) is 0 Å². The highest BCUT2D eigenvalue weighted by Gasteiger charge is 2.33. The number of hydrogen-bond acceptors (Lipinski definition) is 3. The molecule has 1 rings (SSSR count). The van der Waals surface area contributed by atoms with Crippen LogP contribution in [0.1, 0.15) is 32.8 Å². The first-order chi connectivity index (χ1) is 9.71. The number of hydrogen-bond donors (Lipinski definition) is 3. The SMILES string of the molecule is CC(C)(C)C(NC(=O)C(N)CCc1ccccc1)C(=O)O. The van der Waals surface area contributed by atoms with Gasteiger partial charge in [-0.2, -0.15) is 0 Å². The van der Waals surface area contributed by atoms with Crippen molar-refractivity contribution in [2.45, 2.75) is 45.7 Å². The molecule has 0 saturated carbocycles. The maximum absolute atomic E-state index is 12.0. The van der Waals surface area contributed by atoms with Gasteiger partial charge >= 0.3 is 5.97 Å². The Morgan fingerprint density at radius 3 is 2.29 bits per heavy atom. The minimum atomic E-state index is -1.05. The van der Waals surface area contributed by atoms with E-state index >= 15 is 0 Å². The van der Waals surface area contributed by atoms with E-state index in [-0.39, 0.29) is 0 Å². The summed E-state index contributed by atoms with van der Waals surface area (Å²) in [6, 6.07) is 8.07. The van der Waals surface area contributed by atoms with Crippen LogP contribution >= 0.6 is 0 Å². The van der Waals surface area contributed by atoms with Crippen molar-refractivity contribution >= 4 is 11.9 Å². The molecular weight excluding hydrogens is 268 g/mol. The molecule has 1 aromatic rings. The van der Waals surface area contributed by atoms with E-state index in [2.05, 4.69) is 5.32 Å². The molecule has 21 heavy (non-hydrogen) atoms. The molecule has 0 spiro atoms. The monoisotopic (exact) mass is 292 g/mol. The van der Waals surface area contributed by atoms with Crippen LogP contribution in [0.5, 0.6) is 0 Å². The van der Waals surface area contributed by atoms with Gasteiger partial charge in [0.2, 0.25) is 5.91 Å². The topological polar surface area (TPSA) is 92.4 Å². The van der Waals surface area contributed by atoms with E-state index in [1.807, 2.05) is 30.3 Å². The first-order valence-electron chi connectivity index (χ1n) is 7.04. The molecule has 116 valence electrons. The lowest BCUT2D eigenvalue weighted by atomic mass is 9.86. The Bertz CT molecular complexity index is 480. The van der Waals surface area contributed by atoms with Gasteiger partial charge in [0.05, 0.1) is 6.04 Å². The smallest absolute Gasteiger partial charge is 0.326 e. The molecule has 0 aliphatic rings. The van der Waals surface area contributed by atoms with Crippen molar-refractivity contribution in [3.63, 3.8) is 0 Å². The lowest BCUT2D eigenvalue weighted by Crippen LogP contribution is -2.53. The van der Waals surface area contributed by atoms with Gasteiger partial charge in [0.15, 0.2) is 0 Å². The molecule has 0 aromatic heterocycles. The quantitative estimate of drug-likeness (QED) is 0.742. The zero-order chi connectivity index (χ0) is 16.0. The van der Waals surface area contributed by atoms with E-state index in [1.165, 1.54) is 0 Å². The number of aliphatic carboxylic acids is 1. The maximum atomic E-state index is 12.0. The average Bonchev–Trinajstić information content (AvgIpc) is 2.41. The molecule has 0 heterocycles. The van der Waals surface area contributed by atoms with E-state index in [4.69, 9.17) is 5.73 Å². The zero-order valence-electron chi connectivity index (χ0n) is 12.8. The van der Waals surface area contributed by atoms with Crippen molar-refractivity contribution in [3.05, 3.63) is 35.9 Å². The molecular formula is C16H24N2O3. The molecule has 5 nitrogen and oxygen atoms in total.